The van der Waals surface area contributed by atoms with E-state index in [0.29, 0.717) is 41.3 Å². The summed E-state index contributed by atoms with van der Waals surface area (Å²) in [4.78, 5) is 33.6. The number of benzene rings is 2. The number of allylic oxidation sites excluding steroid dienone is 3. The van der Waals surface area contributed by atoms with Crippen LogP contribution in [0, 0.1) is 22.2 Å². The molecule has 1 aliphatic heterocycles. The number of morpholine rings is 1. The first-order valence-corrected chi connectivity index (χ1v) is 16.0. The number of halogens is 1. The van der Waals surface area contributed by atoms with E-state index in [1.54, 1.807) is 48.3 Å². The van der Waals surface area contributed by atoms with Gasteiger partial charge < -0.3 is 24.2 Å². The minimum atomic E-state index is -1.09. The fourth-order valence-corrected chi connectivity index (χ4v) is 6.51. The predicted octanol–water partition coefficient (Wildman–Crippen LogP) is 5.60. The van der Waals surface area contributed by atoms with Gasteiger partial charge in [-0.2, -0.15) is 5.26 Å². The van der Waals surface area contributed by atoms with Crippen molar-refractivity contribution in [2.24, 2.45) is 10.8 Å². The summed E-state index contributed by atoms with van der Waals surface area (Å²) in [6, 6.07) is 16.3. The van der Waals surface area contributed by atoms with Gasteiger partial charge in [0.2, 0.25) is 5.91 Å². The lowest BCUT2D eigenvalue weighted by molar-refractivity contribution is -0.150. The van der Waals surface area contributed by atoms with Crippen molar-refractivity contribution in [1.29, 1.82) is 5.26 Å². The van der Waals surface area contributed by atoms with Gasteiger partial charge in [-0.15, -0.1) is 0 Å². The van der Waals surface area contributed by atoms with Crippen molar-refractivity contribution in [3.05, 3.63) is 106 Å². The molecule has 0 bridgehead atoms. The second-order valence-corrected chi connectivity index (χ2v) is 13.1. The van der Waals surface area contributed by atoms with Crippen molar-refractivity contribution < 1.29 is 28.9 Å². The van der Waals surface area contributed by atoms with E-state index in [0.717, 1.165) is 11.1 Å². The van der Waals surface area contributed by atoms with Gasteiger partial charge in [0.15, 0.2) is 0 Å². The van der Waals surface area contributed by atoms with Crippen LogP contribution in [0.1, 0.15) is 36.1 Å². The first kappa shape index (κ1) is 34.6. The Hall–Kier alpha value is -4.69. The number of carboxylic acid groups (broad SMARTS) is 1. The molecule has 1 aliphatic carbocycles. The fourth-order valence-electron chi connectivity index (χ4n) is 6.27. The summed E-state index contributed by atoms with van der Waals surface area (Å²) in [5.74, 6) is -0.373. The predicted molar refractivity (Wildman–Crippen MR) is 181 cm³/mol. The molecule has 1 aromatic heterocycles. The molecule has 2 heterocycles. The summed E-state index contributed by atoms with van der Waals surface area (Å²) in [5, 5.41) is 19.4. The normalized spacial score (nSPS) is 20.3. The molecule has 5 rings (SSSR count). The van der Waals surface area contributed by atoms with Gasteiger partial charge in [0.25, 0.3) is 0 Å². The van der Waals surface area contributed by atoms with Gasteiger partial charge in [-0.3, -0.25) is 19.5 Å². The number of aromatic nitrogens is 1. The second kappa shape index (κ2) is 14.6. The van der Waals surface area contributed by atoms with Crippen LogP contribution in [0.2, 0.25) is 5.02 Å². The van der Waals surface area contributed by atoms with Gasteiger partial charge >= 0.3 is 5.97 Å². The van der Waals surface area contributed by atoms with Crippen LogP contribution in [0.15, 0.2) is 79.2 Å². The number of rotatable bonds is 11. The lowest BCUT2D eigenvalue weighted by atomic mass is 9.58. The molecular formula is C37H39ClN4O6. The maximum absolute atomic E-state index is 14.1. The molecule has 0 saturated carbocycles. The topological polar surface area (TPSA) is 125 Å². The number of hydrogen-bond donors (Lipinski definition) is 1. The van der Waals surface area contributed by atoms with Crippen LogP contribution in [0.4, 0.5) is 0 Å². The Balaban J connectivity index is 1.49. The van der Waals surface area contributed by atoms with E-state index in [9.17, 15) is 20.0 Å². The van der Waals surface area contributed by atoms with Gasteiger partial charge in [0.05, 0.1) is 23.8 Å². The molecule has 48 heavy (non-hydrogen) atoms. The molecule has 1 unspecified atom stereocenters. The first-order valence-electron chi connectivity index (χ1n) is 15.6. The summed E-state index contributed by atoms with van der Waals surface area (Å²) in [7, 11) is 3.46. The maximum Gasteiger partial charge on any atom is 0.323 e. The number of pyridine rings is 1. The van der Waals surface area contributed by atoms with Crippen LogP contribution in [0.3, 0.4) is 0 Å². The second-order valence-electron chi connectivity index (χ2n) is 12.7. The third kappa shape index (κ3) is 7.09. The quantitative estimate of drug-likeness (QED) is 0.277. The third-order valence-electron chi connectivity index (χ3n) is 9.09. The molecule has 1 saturated heterocycles. The van der Waals surface area contributed by atoms with Crippen LogP contribution >= 0.6 is 11.6 Å². The number of carbonyl (C=O) groups excluding carboxylic acids is 1. The highest BCUT2D eigenvalue weighted by molar-refractivity contribution is 6.32. The van der Waals surface area contributed by atoms with Crippen molar-refractivity contribution in [2.75, 3.05) is 40.5 Å². The number of nitriles is 1. The Morgan fingerprint density at radius 1 is 1.15 bits per heavy atom. The smallest absolute Gasteiger partial charge is 0.323 e. The third-order valence-corrected chi connectivity index (χ3v) is 9.39. The van der Waals surface area contributed by atoms with Crippen LogP contribution < -0.4 is 9.47 Å². The molecule has 1 fully saturated rings. The average Bonchev–Trinajstić information content (AvgIpc) is 3.08. The Morgan fingerprint density at radius 3 is 2.62 bits per heavy atom. The SMILES string of the molecule is CN(C)C(=O)C1(COc2cc(OCc3cncc(C#N)c3)c(CN3CCOC[C@H]3C(=O)O)cc2Cl)C=CC=C(c2ccccc2)C1(C)C. The first-order chi connectivity index (χ1) is 23.0. The highest BCUT2D eigenvalue weighted by Crippen LogP contribution is 2.53. The molecule has 2 aliphatic rings. The molecule has 2 aromatic carbocycles. The zero-order chi connectivity index (χ0) is 34.5. The molecule has 0 radical (unpaired) electrons. The van der Waals surface area contributed by atoms with E-state index in [-0.39, 0.29) is 37.3 Å². The van der Waals surface area contributed by atoms with Crippen molar-refractivity contribution >= 4 is 29.1 Å². The highest BCUT2D eigenvalue weighted by Gasteiger charge is 2.54. The zero-order valence-electron chi connectivity index (χ0n) is 27.5. The van der Waals surface area contributed by atoms with Gasteiger partial charge in [-0.05, 0) is 23.3 Å². The van der Waals surface area contributed by atoms with E-state index in [1.807, 2.05) is 62.4 Å². The number of nitrogens with zero attached hydrogens (tertiary/aromatic N) is 4. The summed E-state index contributed by atoms with van der Waals surface area (Å²) in [6.45, 7) is 5.27. The highest BCUT2D eigenvalue weighted by atomic mass is 35.5. The minimum Gasteiger partial charge on any atom is -0.490 e. The van der Waals surface area contributed by atoms with Crippen LogP contribution in [-0.4, -0.2) is 78.3 Å². The van der Waals surface area contributed by atoms with Crippen LogP contribution in [-0.2, 0) is 27.5 Å². The number of amides is 1. The van der Waals surface area contributed by atoms with Crippen molar-refractivity contribution in [3.8, 4) is 17.6 Å². The summed E-state index contributed by atoms with van der Waals surface area (Å²) < 4.78 is 18.2. The lowest BCUT2D eigenvalue weighted by Crippen LogP contribution is -2.53. The molecule has 2 atom stereocenters. The lowest BCUT2D eigenvalue weighted by Gasteiger charge is -2.47. The van der Waals surface area contributed by atoms with E-state index in [1.165, 1.54) is 6.20 Å². The summed E-state index contributed by atoms with van der Waals surface area (Å²) >= 11 is 6.86. The maximum atomic E-state index is 14.1. The Labute approximate surface area is 285 Å². The van der Waals surface area contributed by atoms with E-state index >= 15 is 0 Å². The van der Waals surface area contributed by atoms with Crippen LogP contribution in [0.25, 0.3) is 5.57 Å². The molecule has 1 amide bonds. The molecule has 1 N–H and O–H groups in total. The molecule has 10 nitrogen and oxygen atoms in total. The van der Waals surface area contributed by atoms with E-state index in [2.05, 4.69) is 11.1 Å². The van der Waals surface area contributed by atoms with Crippen molar-refractivity contribution in [3.63, 3.8) is 0 Å². The Bertz CT molecular complexity index is 1770. The number of carbonyl (C=O) groups is 2. The van der Waals surface area contributed by atoms with E-state index in [4.69, 9.17) is 25.8 Å². The monoisotopic (exact) mass is 670 g/mol. The molecule has 0 spiro atoms. The molecule has 11 heteroatoms. The molecular weight excluding hydrogens is 632 g/mol. The zero-order valence-corrected chi connectivity index (χ0v) is 28.2. The summed E-state index contributed by atoms with van der Waals surface area (Å²) in [6.07, 6.45) is 8.93. The van der Waals surface area contributed by atoms with Crippen molar-refractivity contribution in [1.82, 2.24) is 14.8 Å². The Kier molecular flexibility index (Phi) is 10.5. The Morgan fingerprint density at radius 2 is 1.92 bits per heavy atom. The number of aliphatic carboxylic acids is 1. The number of carboxylic acids is 1. The van der Waals surface area contributed by atoms with Gasteiger partial charge in [0.1, 0.15) is 42.2 Å². The van der Waals surface area contributed by atoms with Gasteiger partial charge in [-0.25, -0.2) is 0 Å². The number of ether oxygens (including phenoxy) is 3. The standard InChI is InChI=1S/C37H39ClN4O6/c1-36(2)29(27-9-6-5-7-10-27)11-8-12-37(36,35(45)41(3)4)24-48-33-17-32(47-22-26-15-25(18-39)19-40-20-26)28(16-30(33)38)21-42-13-14-46-23-31(42)34(43)44/h5-12,15-17,19-20,31H,13-14,21-24H2,1-4H3,(H,43,44)/t31-,37?/m0/s1. The fraction of sp³-hybridized carbons (Fsp3) is 0.351. The van der Waals surface area contributed by atoms with E-state index < -0.39 is 22.8 Å². The average molecular weight is 671 g/mol. The van der Waals surface area contributed by atoms with Crippen molar-refractivity contribution in [2.45, 2.75) is 33.0 Å². The largest absolute Gasteiger partial charge is 0.490 e. The molecule has 250 valence electrons. The minimum absolute atomic E-state index is 0.0190. The summed E-state index contributed by atoms with van der Waals surface area (Å²) in [5.41, 5.74) is 1.97. The van der Waals surface area contributed by atoms with Crippen LogP contribution in [0.5, 0.6) is 11.5 Å². The number of hydrogen-bond acceptors (Lipinski definition) is 8. The van der Waals surface area contributed by atoms with Gasteiger partial charge in [-0.1, -0.05) is 74.0 Å². The van der Waals surface area contributed by atoms with Gasteiger partial charge in [0, 0.05) is 62.2 Å². The molecule has 3 aromatic rings.